The molecule has 0 aromatic heterocycles. The molecule has 0 aliphatic rings. The SMILES string of the molecule is COCc1cccc([N+](=O)[O-])c1C(=O)OC. The van der Waals surface area contributed by atoms with Gasteiger partial charge in [-0.05, 0) is 5.56 Å². The molecule has 0 fully saturated rings. The van der Waals surface area contributed by atoms with E-state index in [4.69, 9.17) is 4.74 Å². The Balaban J connectivity index is 3.34. The molecule has 1 aromatic rings. The van der Waals surface area contributed by atoms with Gasteiger partial charge in [0.2, 0.25) is 0 Å². The van der Waals surface area contributed by atoms with Crippen LogP contribution in [0.2, 0.25) is 0 Å². The van der Waals surface area contributed by atoms with Gasteiger partial charge in [-0.3, -0.25) is 10.1 Å². The van der Waals surface area contributed by atoms with E-state index in [1.54, 1.807) is 6.07 Å². The summed E-state index contributed by atoms with van der Waals surface area (Å²) < 4.78 is 9.38. The minimum absolute atomic E-state index is 0.0585. The predicted octanol–water partition coefficient (Wildman–Crippen LogP) is 1.53. The summed E-state index contributed by atoms with van der Waals surface area (Å²) in [6, 6.07) is 4.34. The zero-order valence-electron chi connectivity index (χ0n) is 8.93. The molecule has 0 radical (unpaired) electrons. The summed E-state index contributed by atoms with van der Waals surface area (Å²) in [6.45, 7) is 0.117. The quantitative estimate of drug-likeness (QED) is 0.441. The predicted molar refractivity (Wildman–Crippen MR) is 55.1 cm³/mol. The number of nitrogens with zero attached hydrogens (tertiary/aromatic N) is 1. The highest BCUT2D eigenvalue weighted by atomic mass is 16.6. The van der Waals surface area contributed by atoms with Crippen LogP contribution in [0.25, 0.3) is 0 Å². The van der Waals surface area contributed by atoms with Crippen molar-refractivity contribution in [2.24, 2.45) is 0 Å². The van der Waals surface area contributed by atoms with E-state index in [1.807, 2.05) is 0 Å². The van der Waals surface area contributed by atoms with Crippen molar-refractivity contribution in [2.75, 3.05) is 14.2 Å². The molecule has 6 nitrogen and oxygen atoms in total. The smallest absolute Gasteiger partial charge is 0.345 e. The van der Waals surface area contributed by atoms with E-state index in [0.717, 1.165) is 0 Å². The van der Waals surface area contributed by atoms with Crippen LogP contribution in [-0.4, -0.2) is 25.1 Å². The molecule has 6 heteroatoms. The molecule has 1 rings (SSSR count). The van der Waals surface area contributed by atoms with Crippen LogP contribution in [-0.2, 0) is 16.1 Å². The van der Waals surface area contributed by atoms with Crippen molar-refractivity contribution < 1.29 is 19.2 Å². The lowest BCUT2D eigenvalue weighted by molar-refractivity contribution is -0.385. The van der Waals surface area contributed by atoms with Gasteiger partial charge in [0, 0.05) is 13.2 Å². The van der Waals surface area contributed by atoms with Crippen LogP contribution >= 0.6 is 0 Å². The Morgan fingerprint density at radius 1 is 1.44 bits per heavy atom. The van der Waals surface area contributed by atoms with Crippen LogP contribution < -0.4 is 0 Å². The molecule has 1 aromatic carbocycles. The Morgan fingerprint density at radius 3 is 2.62 bits per heavy atom. The number of hydrogen-bond acceptors (Lipinski definition) is 5. The van der Waals surface area contributed by atoms with Crippen molar-refractivity contribution in [3.8, 4) is 0 Å². The topological polar surface area (TPSA) is 78.7 Å². The number of ether oxygens (including phenoxy) is 2. The van der Waals surface area contributed by atoms with E-state index in [-0.39, 0.29) is 17.9 Å². The van der Waals surface area contributed by atoms with Crippen LogP contribution in [0.3, 0.4) is 0 Å². The number of methoxy groups -OCH3 is 2. The first-order valence-corrected chi connectivity index (χ1v) is 4.45. The maximum absolute atomic E-state index is 11.5. The molecule has 0 unspecified atom stereocenters. The molecule has 0 atom stereocenters. The highest BCUT2D eigenvalue weighted by Gasteiger charge is 2.24. The third-order valence-corrected chi connectivity index (χ3v) is 2.01. The molecule has 0 saturated heterocycles. The van der Waals surface area contributed by atoms with Gasteiger partial charge in [-0.25, -0.2) is 4.79 Å². The minimum Gasteiger partial charge on any atom is -0.465 e. The summed E-state index contributed by atoms with van der Waals surface area (Å²) in [7, 11) is 2.62. The van der Waals surface area contributed by atoms with Gasteiger partial charge in [0.25, 0.3) is 5.69 Å². The standard InChI is InChI=1S/C10H11NO5/c1-15-6-7-4-3-5-8(11(13)14)9(7)10(12)16-2/h3-5H,6H2,1-2H3. The van der Waals surface area contributed by atoms with Crippen LogP contribution in [0.4, 0.5) is 5.69 Å². The van der Waals surface area contributed by atoms with Gasteiger partial charge in [0.1, 0.15) is 5.56 Å². The molecule has 0 N–H and O–H groups in total. The van der Waals surface area contributed by atoms with Crippen LogP contribution in [0.15, 0.2) is 18.2 Å². The fourth-order valence-electron chi connectivity index (χ4n) is 1.35. The number of hydrogen-bond donors (Lipinski definition) is 0. The van der Waals surface area contributed by atoms with Gasteiger partial charge < -0.3 is 9.47 Å². The zero-order valence-corrected chi connectivity index (χ0v) is 8.93. The van der Waals surface area contributed by atoms with E-state index in [2.05, 4.69) is 4.74 Å². The van der Waals surface area contributed by atoms with Crippen LogP contribution in [0.1, 0.15) is 15.9 Å². The average Bonchev–Trinajstić information content (AvgIpc) is 2.28. The van der Waals surface area contributed by atoms with E-state index in [9.17, 15) is 14.9 Å². The van der Waals surface area contributed by atoms with E-state index >= 15 is 0 Å². The number of nitro benzene ring substituents is 1. The van der Waals surface area contributed by atoms with Gasteiger partial charge in [0.05, 0.1) is 18.6 Å². The Kier molecular flexibility index (Phi) is 3.96. The third kappa shape index (κ3) is 2.34. The first-order chi connectivity index (χ1) is 7.61. The molecule has 0 saturated carbocycles. The van der Waals surface area contributed by atoms with Crippen molar-refractivity contribution in [1.29, 1.82) is 0 Å². The highest BCUT2D eigenvalue weighted by molar-refractivity contribution is 5.95. The second-order valence-corrected chi connectivity index (χ2v) is 2.99. The Hall–Kier alpha value is -1.95. The van der Waals surface area contributed by atoms with Gasteiger partial charge in [-0.1, -0.05) is 12.1 Å². The number of esters is 1. The van der Waals surface area contributed by atoms with Gasteiger partial charge in [0.15, 0.2) is 0 Å². The van der Waals surface area contributed by atoms with Gasteiger partial charge in [-0.15, -0.1) is 0 Å². The lowest BCUT2D eigenvalue weighted by Crippen LogP contribution is -2.10. The number of benzene rings is 1. The Bertz CT molecular complexity index is 416. The minimum atomic E-state index is -0.737. The monoisotopic (exact) mass is 225 g/mol. The van der Waals surface area contributed by atoms with E-state index in [1.165, 1.54) is 26.4 Å². The third-order valence-electron chi connectivity index (χ3n) is 2.01. The van der Waals surface area contributed by atoms with Crippen LogP contribution in [0, 0.1) is 10.1 Å². The van der Waals surface area contributed by atoms with Gasteiger partial charge >= 0.3 is 5.97 Å². The normalized spacial score (nSPS) is 9.88. The summed E-state index contributed by atoms with van der Waals surface area (Å²) in [5, 5.41) is 10.8. The maximum Gasteiger partial charge on any atom is 0.345 e. The van der Waals surface area contributed by atoms with E-state index in [0.29, 0.717) is 5.56 Å². The fraction of sp³-hybridized carbons (Fsp3) is 0.300. The molecular weight excluding hydrogens is 214 g/mol. The average molecular weight is 225 g/mol. The van der Waals surface area contributed by atoms with Crippen LogP contribution in [0.5, 0.6) is 0 Å². The number of carbonyl (C=O) groups excluding carboxylic acids is 1. The fourth-order valence-corrected chi connectivity index (χ4v) is 1.35. The summed E-state index contributed by atoms with van der Waals surface area (Å²) in [6.07, 6.45) is 0. The van der Waals surface area contributed by atoms with Gasteiger partial charge in [-0.2, -0.15) is 0 Å². The largest absolute Gasteiger partial charge is 0.465 e. The highest BCUT2D eigenvalue weighted by Crippen LogP contribution is 2.23. The Labute approximate surface area is 91.9 Å². The number of carbonyl (C=O) groups is 1. The molecule has 0 bridgehead atoms. The first kappa shape index (κ1) is 12.1. The Morgan fingerprint density at radius 2 is 2.12 bits per heavy atom. The summed E-state index contributed by atoms with van der Waals surface area (Å²) in [5.74, 6) is -0.737. The number of rotatable bonds is 4. The van der Waals surface area contributed by atoms with E-state index < -0.39 is 10.9 Å². The molecule has 0 aliphatic heterocycles. The molecule has 0 heterocycles. The number of nitro groups is 1. The summed E-state index contributed by atoms with van der Waals surface area (Å²) >= 11 is 0. The molecular formula is C10H11NO5. The van der Waals surface area contributed by atoms with Crippen molar-refractivity contribution in [2.45, 2.75) is 6.61 Å². The molecule has 0 amide bonds. The lowest BCUT2D eigenvalue weighted by Gasteiger charge is -2.07. The summed E-state index contributed by atoms with van der Waals surface area (Å²) in [4.78, 5) is 21.6. The van der Waals surface area contributed by atoms with Crippen molar-refractivity contribution in [3.63, 3.8) is 0 Å². The lowest BCUT2D eigenvalue weighted by atomic mass is 10.1. The second kappa shape index (κ2) is 5.22. The first-order valence-electron chi connectivity index (χ1n) is 4.45. The maximum atomic E-state index is 11.5. The molecule has 0 aliphatic carbocycles. The van der Waals surface area contributed by atoms with Crippen molar-refractivity contribution in [1.82, 2.24) is 0 Å². The molecule has 0 spiro atoms. The summed E-state index contributed by atoms with van der Waals surface area (Å²) in [5.41, 5.74) is 0.0989. The second-order valence-electron chi connectivity index (χ2n) is 2.99. The van der Waals surface area contributed by atoms with Crippen molar-refractivity contribution in [3.05, 3.63) is 39.4 Å². The van der Waals surface area contributed by atoms with Crippen molar-refractivity contribution >= 4 is 11.7 Å². The molecule has 86 valence electrons. The zero-order chi connectivity index (χ0) is 12.1. The molecule has 16 heavy (non-hydrogen) atoms.